The van der Waals surface area contributed by atoms with Gasteiger partial charge in [0, 0.05) is 5.56 Å². The second kappa shape index (κ2) is 11.8. The molecule has 10 nitrogen and oxygen atoms in total. The largest absolute Gasteiger partial charge is 0.573 e. The maximum absolute atomic E-state index is 13.2. The van der Waals surface area contributed by atoms with Crippen molar-refractivity contribution in [2.45, 2.75) is 6.36 Å². The normalized spacial score (nSPS) is 11.3. The Morgan fingerprint density at radius 2 is 1.53 bits per heavy atom. The zero-order valence-electron chi connectivity index (χ0n) is 19.9. The van der Waals surface area contributed by atoms with Crippen LogP contribution in [0, 0.1) is 10.1 Å². The number of nitro benzene ring substituents is 1. The summed E-state index contributed by atoms with van der Waals surface area (Å²) >= 11 is 0. The number of nitrogens with one attached hydrogen (secondary N) is 2. The predicted octanol–water partition coefficient (Wildman–Crippen LogP) is 4.92. The molecule has 0 bridgehead atoms. The van der Waals surface area contributed by atoms with Gasteiger partial charge in [0.15, 0.2) is 17.2 Å². The Morgan fingerprint density at radius 1 is 0.921 bits per heavy atom. The van der Waals surface area contributed by atoms with Crippen LogP contribution in [0.3, 0.4) is 0 Å². The number of anilines is 1. The molecule has 0 atom stereocenters. The molecule has 2 N–H and O–H groups in total. The van der Waals surface area contributed by atoms with E-state index in [0.29, 0.717) is 0 Å². The molecule has 0 aromatic heterocycles. The van der Waals surface area contributed by atoms with Gasteiger partial charge in [0.1, 0.15) is 5.70 Å². The average Bonchev–Trinajstić information content (AvgIpc) is 2.88. The van der Waals surface area contributed by atoms with Crippen LogP contribution < -0.4 is 24.8 Å². The van der Waals surface area contributed by atoms with Gasteiger partial charge < -0.3 is 24.8 Å². The molecule has 3 aromatic rings. The molecule has 3 aromatic carbocycles. The van der Waals surface area contributed by atoms with Crippen LogP contribution in [0.1, 0.15) is 15.9 Å². The van der Waals surface area contributed by atoms with Crippen LogP contribution in [0.4, 0.5) is 24.5 Å². The van der Waals surface area contributed by atoms with Crippen LogP contribution in [0.5, 0.6) is 17.2 Å². The maximum Gasteiger partial charge on any atom is 0.573 e. The lowest BCUT2D eigenvalue weighted by Gasteiger charge is -2.16. The first-order valence-corrected chi connectivity index (χ1v) is 10.7. The van der Waals surface area contributed by atoms with Crippen molar-refractivity contribution < 1.29 is 41.9 Å². The standard InChI is InChI=1S/C25H20F3N3O7/c1-36-21-13-16(19(31(34)35)14-22(21)37-2)12-18(30-23(32)15-8-4-3-5-9-15)24(33)29-17-10-6-7-11-20(17)38-25(26,27)28/h3-14H,1-2H3,(H,29,33)(H,30,32)/b18-12+. The molecule has 0 radical (unpaired) electrons. The Kier molecular flexibility index (Phi) is 8.53. The fraction of sp³-hybridized carbons (Fsp3) is 0.120. The van der Waals surface area contributed by atoms with Gasteiger partial charge in [-0.05, 0) is 36.4 Å². The van der Waals surface area contributed by atoms with E-state index in [1.165, 1.54) is 44.6 Å². The first-order chi connectivity index (χ1) is 18.0. The summed E-state index contributed by atoms with van der Waals surface area (Å²) in [6.07, 6.45) is -4.05. The number of ether oxygens (including phenoxy) is 3. The van der Waals surface area contributed by atoms with Crippen molar-refractivity contribution in [1.29, 1.82) is 0 Å². The number of halogens is 3. The van der Waals surface area contributed by atoms with Crippen LogP contribution in [0.25, 0.3) is 6.08 Å². The maximum atomic E-state index is 13.2. The minimum Gasteiger partial charge on any atom is -0.493 e. The highest BCUT2D eigenvalue weighted by molar-refractivity contribution is 6.11. The lowest BCUT2D eigenvalue weighted by Crippen LogP contribution is -2.31. The molecule has 0 fully saturated rings. The number of amides is 2. The van der Waals surface area contributed by atoms with Gasteiger partial charge in [-0.1, -0.05) is 30.3 Å². The van der Waals surface area contributed by atoms with Crippen molar-refractivity contribution in [3.8, 4) is 17.2 Å². The van der Waals surface area contributed by atoms with E-state index in [-0.39, 0.29) is 28.3 Å². The third kappa shape index (κ3) is 7.00. The smallest absolute Gasteiger partial charge is 0.493 e. The Balaban J connectivity index is 2.09. The number of nitro groups is 1. The van der Waals surface area contributed by atoms with Crippen LogP contribution in [0.15, 0.2) is 72.4 Å². The fourth-order valence-electron chi connectivity index (χ4n) is 3.23. The molecule has 0 saturated carbocycles. The Hall–Kier alpha value is -5.07. The molecule has 0 aliphatic rings. The average molecular weight is 531 g/mol. The topological polar surface area (TPSA) is 129 Å². The fourth-order valence-corrected chi connectivity index (χ4v) is 3.23. The number of para-hydroxylation sites is 2. The molecular formula is C25H20F3N3O7. The van der Waals surface area contributed by atoms with E-state index in [9.17, 15) is 32.9 Å². The number of hydrogen-bond acceptors (Lipinski definition) is 7. The number of carbonyl (C=O) groups is 2. The van der Waals surface area contributed by atoms with Crippen LogP contribution in [-0.2, 0) is 4.79 Å². The molecule has 198 valence electrons. The zero-order chi connectivity index (χ0) is 27.9. The highest BCUT2D eigenvalue weighted by atomic mass is 19.4. The summed E-state index contributed by atoms with van der Waals surface area (Å²) in [6, 6.07) is 14.7. The molecule has 13 heteroatoms. The summed E-state index contributed by atoms with van der Waals surface area (Å²) in [4.78, 5) is 37.0. The van der Waals surface area contributed by atoms with E-state index in [4.69, 9.17) is 9.47 Å². The minimum atomic E-state index is -5.04. The van der Waals surface area contributed by atoms with Crippen LogP contribution in [0.2, 0.25) is 0 Å². The van der Waals surface area contributed by atoms with Gasteiger partial charge in [0.2, 0.25) is 0 Å². The van der Waals surface area contributed by atoms with Gasteiger partial charge in [-0.15, -0.1) is 13.2 Å². The summed E-state index contributed by atoms with van der Waals surface area (Å²) in [6.45, 7) is 0. The molecular weight excluding hydrogens is 511 g/mol. The molecule has 0 unspecified atom stereocenters. The SMILES string of the molecule is COc1cc(/C=C(/NC(=O)c2ccccc2)C(=O)Nc2ccccc2OC(F)(F)F)c([N+](=O)[O-])cc1OC. The number of nitrogens with zero attached hydrogens (tertiary/aromatic N) is 1. The second-order valence-corrected chi connectivity index (χ2v) is 7.40. The van der Waals surface area contributed by atoms with Gasteiger partial charge in [0.05, 0.1) is 36.5 Å². The van der Waals surface area contributed by atoms with E-state index in [1.807, 2.05) is 0 Å². The molecule has 38 heavy (non-hydrogen) atoms. The van der Waals surface area contributed by atoms with Gasteiger partial charge in [-0.25, -0.2) is 0 Å². The quantitative estimate of drug-likeness (QED) is 0.228. The summed E-state index contributed by atoms with van der Waals surface area (Å²) < 4.78 is 52.7. The van der Waals surface area contributed by atoms with E-state index >= 15 is 0 Å². The predicted molar refractivity (Wildman–Crippen MR) is 130 cm³/mol. The number of benzene rings is 3. The summed E-state index contributed by atoms with van der Waals surface area (Å²) in [7, 11) is 2.57. The molecule has 0 aliphatic heterocycles. The number of rotatable bonds is 9. The third-order valence-corrected chi connectivity index (χ3v) is 4.92. The monoisotopic (exact) mass is 531 g/mol. The van der Waals surface area contributed by atoms with E-state index in [2.05, 4.69) is 15.4 Å². The zero-order valence-corrected chi connectivity index (χ0v) is 19.9. The highest BCUT2D eigenvalue weighted by Crippen LogP contribution is 2.36. The van der Waals surface area contributed by atoms with Crippen molar-refractivity contribution in [2.24, 2.45) is 0 Å². The van der Waals surface area contributed by atoms with Crippen molar-refractivity contribution >= 4 is 29.3 Å². The molecule has 3 rings (SSSR count). The van der Waals surface area contributed by atoms with Crippen molar-refractivity contribution in [3.63, 3.8) is 0 Å². The summed E-state index contributed by atoms with van der Waals surface area (Å²) in [5.74, 6) is -2.43. The van der Waals surface area contributed by atoms with Crippen LogP contribution >= 0.6 is 0 Å². The summed E-state index contributed by atoms with van der Waals surface area (Å²) in [5.41, 5.74) is -1.39. The van der Waals surface area contributed by atoms with Crippen molar-refractivity contribution in [2.75, 3.05) is 19.5 Å². The Morgan fingerprint density at radius 3 is 2.13 bits per heavy atom. The van der Waals surface area contributed by atoms with Gasteiger partial charge >= 0.3 is 6.36 Å². The molecule has 0 aliphatic carbocycles. The molecule has 0 spiro atoms. The first-order valence-electron chi connectivity index (χ1n) is 10.7. The number of alkyl halides is 3. The lowest BCUT2D eigenvalue weighted by molar-refractivity contribution is -0.385. The second-order valence-electron chi connectivity index (χ2n) is 7.40. The lowest BCUT2D eigenvalue weighted by atomic mass is 10.1. The van der Waals surface area contributed by atoms with E-state index < -0.39 is 40.2 Å². The summed E-state index contributed by atoms with van der Waals surface area (Å²) in [5, 5.41) is 16.3. The molecule has 0 saturated heterocycles. The number of carbonyl (C=O) groups excluding carboxylic acids is 2. The Labute approximate surface area is 213 Å². The number of methoxy groups -OCH3 is 2. The van der Waals surface area contributed by atoms with E-state index in [0.717, 1.165) is 24.3 Å². The molecule has 0 heterocycles. The van der Waals surface area contributed by atoms with Crippen molar-refractivity contribution in [1.82, 2.24) is 5.32 Å². The highest BCUT2D eigenvalue weighted by Gasteiger charge is 2.32. The third-order valence-electron chi connectivity index (χ3n) is 4.92. The van der Waals surface area contributed by atoms with Crippen molar-refractivity contribution in [3.05, 3.63) is 93.7 Å². The van der Waals surface area contributed by atoms with Gasteiger partial charge in [-0.2, -0.15) is 0 Å². The van der Waals surface area contributed by atoms with Gasteiger partial charge in [-0.3, -0.25) is 19.7 Å². The Bertz CT molecular complexity index is 1380. The van der Waals surface area contributed by atoms with Crippen LogP contribution in [-0.4, -0.2) is 37.3 Å². The number of hydrogen-bond donors (Lipinski definition) is 2. The molecule has 2 amide bonds. The first kappa shape index (κ1) is 27.5. The van der Waals surface area contributed by atoms with E-state index in [1.54, 1.807) is 18.2 Å². The minimum absolute atomic E-state index is 0.0360. The van der Waals surface area contributed by atoms with Gasteiger partial charge in [0.25, 0.3) is 17.5 Å².